The van der Waals surface area contributed by atoms with E-state index in [1.165, 1.54) is 6.42 Å². The standard InChI is InChI=1S/C12H22O3/c1-11(7-14-8-11)9-15-10-12(13)5-3-2-4-6-12/h13H,2-10H2,1H3. The summed E-state index contributed by atoms with van der Waals surface area (Å²) >= 11 is 0. The summed E-state index contributed by atoms with van der Waals surface area (Å²) in [4.78, 5) is 0. The van der Waals surface area contributed by atoms with Crippen LogP contribution in [0.3, 0.4) is 0 Å². The minimum absolute atomic E-state index is 0.199. The Bertz CT molecular complexity index is 205. The summed E-state index contributed by atoms with van der Waals surface area (Å²) in [5, 5.41) is 10.2. The Morgan fingerprint density at radius 3 is 2.33 bits per heavy atom. The maximum atomic E-state index is 10.2. The monoisotopic (exact) mass is 214 g/mol. The van der Waals surface area contributed by atoms with Gasteiger partial charge in [0.05, 0.1) is 32.0 Å². The van der Waals surface area contributed by atoms with Crippen LogP contribution < -0.4 is 0 Å². The van der Waals surface area contributed by atoms with Gasteiger partial charge >= 0.3 is 0 Å². The molecule has 3 nitrogen and oxygen atoms in total. The molecule has 0 amide bonds. The van der Waals surface area contributed by atoms with Crippen LogP contribution in [-0.4, -0.2) is 37.1 Å². The molecule has 0 atom stereocenters. The van der Waals surface area contributed by atoms with Crippen LogP contribution in [0.15, 0.2) is 0 Å². The van der Waals surface area contributed by atoms with Crippen LogP contribution in [0.1, 0.15) is 39.0 Å². The fourth-order valence-electron chi connectivity index (χ4n) is 2.38. The number of hydrogen-bond acceptors (Lipinski definition) is 3. The third-order valence-electron chi connectivity index (χ3n) is 3.51. The third-order valence-corrected chi connectivity index (χ3v) is 3.51. The minimum atomic E-state index is -0.542. The van der Waals surface area contributed by atoms with E-state index < -0.39 is 5.60 Å². The van der Waals surface area contributed by atoms with Crippen molar-refractivity contribution in [2.24, 2.45) is 5.41 Å². The Morgan fingerprint density at radius 2 is 1.80 bits per heavy atom. The predicted octanol–water partition coefficient (Wildman–Crippen LogP) is 1.73. The molecule has 0 aromatic rings. The molecule has 1 heterocycles. The molecule has 0 aromatic heterocycles. The lowest BCUT2D eigenvalue weighted by Gasteiger charge is -2.39. The van der Waals surface area contributed by atoms with Gasteiger partial charge in [-0.25, -0.2) is 0 Å². The van der Waals surface area contributed by atoms with Gasteiger partial charge in [-0.05, 0) is 12.8 Å². The molecule has 15 heavy (non-hydrogen) atoms. The second-order valence-corrected chi connectivity index (χ2v) is 5.58. The Kier molecular flexibility index (Phi) is 3.33. The van der Waals surface area contributed by atoms with E-state index >= 15 is 0 Å². The topological polar surface area (TPSA) is 38.7 Å². The largest absolute Gasteiger partial charge is 0.387 e. The van der Waals surface area contributed by atoms with E-state index in [4.69, 9.17) is 9.47 Å². The first-order valence-corrected chi connectivity index (χ1v) is 6.00. The van der Waals surface area contributed by atoms with Gasteiger partial charge in [-0.15, -0.1) is 0 Å². The molecule has 1 N–H and O–H groups in total. The first-order chi connectivity index (χ1) is 7.12. The first kappa shape index (κ1) is 11.4. The Morgan fingerprint density at radius 1 is 1.13 bits per heavy atom. The molecule has 1 aliphatic carbocycles. The second kappa shape index (κ2) is 4.40. The molecule has 3 heteroatoms. The van der Waals surface area contributed by atoms with Crippen LogP contribution in [0.25, 0.3) is 0 Å². The van der Waals surface area contributed by atoms with Crippen LogP contribution in [0.5, 0.6) is 0 Å². The van der Waals surface area contributed by atoms with Crippen LogP contribution in [0, 0.1) is 5.41 Å². The van der Waals surface area contributed by atoms with Gasteiger partial charge in [-0.2, -0.15) is 0 Å². The molecule has 1 saturated heterocycles. The van der Waals surface area contributed by atoms with Crippen molar-refractivity contribution >= 4 is 0 Å². The fraction of sp³-hybridized carbons (Fsp3) is 1.00. The van der Waals surface area contributed by atoms with Crippen molar-refractivity contribution in [2.75, 3.05) is 26.4 Å². The zero-order chi connectivity index (χ0) is 10.8. The molecule has 88 valence electrons. The molecule has 0 spiro atoms. The average Bonchev–Trinajstić information content (AvgIpc) is 2.16. The van der Waals surface area contributed by atoms with E-state index in [0.717, 1.165) is 45.5 Å². The molecule has 1 saturated carbocycles. The number of hydrogen-bond donors (Lipinski definition) is 1. The zero-order valence-electron chi connectivity index (χ0n) is 9.63. The number of ether oxygens (including phenoxy) is 2. The molecule has 2 aliphatic rings. The van der Waals surface area contributed by atoms with Crippen LogP contribution >= 0.6 is 0 Å². The highest BCUT2D eigenvalue weighted by molar-refractivity contribution is 4.84. The quantitative estimate of drug-likeness (QED) is 0.774. The molecule has 0 unspecified atom stereocenters. The highest BCUT2D eigenvalue weighted by Crippen LogP contribution is 2.30. The van der Waals surface area contributed by atoms with Gasteiger partial charge in [-0.3, -0.25) is 0 Å². The highest BCUT2D eigenvalue weighted by atomic mass is 16.5. The zero-order valence-corrected chi connectivity index (χ0v) is 9.63. The molecule has 2 fully saturated rings. The van der Waals surface area contributed by atoms with Crippen LogP contribution in [0.4, 0.5) is 0 Å². The average molecular weight is 214 g/mol. The van der Waals surface area contributed by atoms with Crippen molar-refractivity contribution in [2.45, 2.75) is 44.6 Å². The second-order valence-electron chi connectivity index (χ2n) is 5.58. The maximum absolute atomic E-state index is 10.2. The van der Waals surface area contributed by atoms with Crippen molar-refractivity contribution in [3.05, 3.63) is 0 Å². The summed E-state index contributed by atoms with van der Waals surface area (Å²) in [6.07, 6.45) is 5.34. The molecule has 0 bridgehead atoms. The molecule has 0 aromatic carbocycles. The van der Waals surface area contributed by atoms with Gasteiger partial charge in [0, 0.05) is 5.41 Å². The summed E-state index contributed by atoms with van der Waals surface area (Å²) in [5.74, 6) is 0. The van der Waals surface area contributed by atoms with Gasteiger partial charge in [0.15, 0.2) is 0 Å². The van der Waals surface area contributed by atoms with Gasteiger partial charge in [-0.1, -0.05) is 26.2 Å². The van der Waals surface area contributed by atoms with Crippen LogP contribution in [0.2, 0.25) is 0 Å². The van der Waals surface area contributed by atoms with E-state index in [1.807, 2.05) is 0 Å². The van der Waals surface area contributed by atoms with Crippen molar-refractivity contribution in [1.29, 1.82) is 0 Å². The van der Waals surface area contributed by atoms with Gasteiger partial charge < -0.3 is 14.6 Å². The molecular weight excluding hydrogens is 192 g/mol. The molecule has 2 rings (SSSR count). The summed E-state index contributed by atoms with van der Waals surface area (Å²) in [6, 6.07) is 0. The Balaban J connectivity index is 1.67. The van der Waals surface area contributed by atoms with E-state index in [-0.39, 0.29) is 5.41 Å². The lowest BCUT2D eigenvalue weighted by atomic mass is 9.85. The lowest BCUT2D eigenvalue weighted by Crippen LogP contribution is -2.45. The van der Waals surface area contributed by atoms with E-state index in [9.17, 15) is 5.11 Å². The van der Waals surface area contributed by atoms with Gasteiger partial charge in [0.2, 0.25) is 0 Å². The molecule has 0 radical (unpaired) electrons. The Labute approximate surface area is 91.8 Å². The first-order valence-electron chi connectivity index (χ1n) is 6.00. The number of rotatable bonds is 4. The van der Waals surface area contributed by atoms with Gasteiger partial charge in [0.1, 0.15) is 0 Å². The van der Waals surface area contributed by atoms with E-state index in [1.54, 1.807) is 0 Å². The Hall–Kier alpha value is -0.120. The summed E-state index contributed by atoms with van der Waals surface area (Å²) in [7, 11) is 0. The van der Waals surface area contributed by atoms with Crippen molar-refractivity contribution < 1.29 is 14.6 Å². The SMILES string of the molecule is CC1(COCC2(O)CCCCC2)COC1. The molecule has 1 aliphatic heterocycles. The summed E-state index contributed by atoms with van der Waals surface area (Å²) < 4.78 is 10.8. The summed E-state index contributed by atoms with van der Waals surface area (Å²) in [5.41, 5.74) is -0.343. The fourth-order valence-corrected chi connectivity index (χ4v) is 2.38. The van der Waals surface area contributed by atoms with Gasteiger partial charge in [0.25, 0.3) is 0 Å². The van der Waals surface area contributed by atoms with Crippen molar-refractivity contribution in [3.63, 3.8) is 0 Å². The lowest BCUT2D eigenvalue weighted by molar-refractivity contribution is -0.156. The summed E-state index contributed by atoms with van der Waals surface area (Å²) in [6.45, 7) is 4.98. The maximum Gasteiger partial charge on any atom is 0.0880 e. The van der Waals surface area contributed by atoms with E-state index in [0.29, 0.717) is 6.61 Å². The third kappa shape index (κ3) is 2.92. The number of aliphatic hydroxyl groups is 1. The van der Waals surface area contributed by atoms with Crippen molar-refractivity contribution in [1.82, 2.24) is 0 Å². The normalized spacial score (nSPS) is 28.4. The molecular formula is C12H22O3. The van der Waals surface area contributed by atoms with Crippen LogP contribution in [-0.2, 0) is 9.47 Å². The minimum Gasteiger partial charge on any atom is -0.387 e. The van der Waals surface area contributed by atoms with E-state index in [2.05, 4.69) is 6.92 Å². The van der Waals surface area contributed by atoms with Crippen molar-refractivity contribution in [3.8, 4) is 0 Å². The highest BCUT2D eigenvalue weighted by Gasteiger charge is 2.35. The predicted molar refractivity (Wildman–Crippen MR) is 57.8 cm³/mol. The smallest absolute Gasteiger partial charge is 0.0880 e.